The van der Waals surface area contributed by atoms with Crippen molar-refractivity contribution in [2.45, 2.75) is 38.6 Å². The van der Waals surface area contributed by atoms with Crippen LogP contribution in [0.25, 0.3) is 0 Å². The lowest BCUT2D eigenvalue weighted by molar-refractivity contribution is -0.125. The molecule has 0 fully saturated rings. The first-order valence-corrected chi connectivity index (χ1v) is 12.8. The van der Waals surface area contributed by atoms with Gasteiger partial charge in [-0.1, -0.05) is 42.5 Å². The van der Waals surface area contributed by atoms with Crippen LogP contribution in [0.1, 0.15) is 39.9 Å². The van der Waals surface area contributed by atoms with Crippen LogP contribution in [0, 0.1) is 0 Å². The first-order valence-electron chi connectivity index (χ1n) is 12.8. The zero-order valence-corrected chi connectivity index (χ0v) is 21.4. The number of carbonyl (C=O) groups excluding carboxylic acids is 3. The number of hydrogen-bond donors (Lipinski definition) is 1. The Kier molecular flexibility index (Phi) is 7.58. The molecule has 1 unspecified atom stereocenters. The quantitative estimate of drug-likeness (QED) is 0.416. The van der Waals surface area contributed by atoms with Crippen molar-refractivity contribution < 1.29 is 23.9 Å². The van der Waals surface area contributed by atoms with E-state index in [2.05, 4.69) is 40.5 Å². The normalized spacial score (nSPS) is 14.8. The van der Waals surface area contributed by atoms with Crippen molar-refractivity contribution >= 4 is 23.8 Å². The van der Waals surface area contributed by atoms with Gasteiger partial charge in [-0.3, -0.25) is 9.59 Å². The molecule has 1 atom stereocenters. The molecule has 2 amide bonds. The number of nitrogens with one attached hydrogen (secondary N) is 1. The highest BCUT2D eigenvalue weighted by molar-refractivity contribution is 6.01. The Labute approximate surface area is 222 Å². The summed E-state index contributed by atoms with van der Waals surface area (Å²) in [6.07, 6.45) is 1.25. The summed E-state index contributed by atoms with van der Waals surface area (Å²) in [6, 6.07) is 21.1. The minimum absolute atomic E-state index is 0.204. The van der Waals surface area contributed by atoms with Crippen molar-refractivity contribution in [3.05, 3.63) is 89.0 Å². The Hall–Kier alpha value is -4.33. The minimum Gasteiger partial charge on any atom is -0.490 e. The SMILES string of the molecule is CNC(=O)C(CCC=O)N1Cc2c(OCc3ccc(CN4CCOc5ccccc54)cc3)cccc2C1=O. The van der Waals surface area contributed by atoms with Crippen LogP contribution in [0.5, 0.6) is 11.5 Å². The van der Waals surface area contributed by atoms with Gasteiger partial charge in [0.15, 0.2) is 0 Å². The van der Waals surface area contributed by atoms with Crippen LogP contribution in [0.4, 0.5) is 5.69 Å². The predicted molar refractivity (Wildman–Crippen MR) is 143 cm³/mol. The van der Waals surface area contributed by atoms with E-state index in [1.165, 1.54) is 17.5 Å². The van der Waals surface area contributed by atoms with Gasteiger partial charge in [0.25, 0.3) is 5.91 Å². The van der Waals surface area contributed by atoms with Crippen LogP contribution >= 0.6 is 0 Å². The van der Waals surface area contributed by atoms with Crippen molar-refractivity contribution in [2.75, 3.05) is 25.1 Å². The third-order valence-corrected chi connectivity index (χ3v) is 7.05. The Morgan fingerprint density at radius 2 is 1.87 bits per heavy atom. The van der Waals surface area contributed by atoms with Gasteiger partial charge in [-0.2, -0.15) is 0 Å². The second-order valence-corrected chi connectivity index (χ2v) is 9.43. The summed E-state index contributed by atoms with van der Waals surface area (Å²) in [5, 5.41) is 2.61. The first kappa shape index (κ1) is 25.3. The number of ether oxygens (including phenoxy) is 2. The van der Waals surface area contributed by atoms with Crippen molar-refractivity contribution in [3.8, 4) is 11.5 Å². The average molecular weight is 514 g/mol. The predicted octanol–water partition coefficient (Wildman–Crippen LogP) is 3.71. The summed E-state index contributed by atoms with van der Waals surface area (Å²) < 4.78 is 11.9. The number of fused-ring (bicyclic) bond motifs is 2. The van der Waals surface area contributed by atoms with Crippen molar-refractivity contribution in [1.82, 2.24) is 10.2 Å². The third-order valence-electron chi connectivity index (χ3n) is 7.05. The van der Waals surface area contributed by atoms with Gasteiger partial charge in [-0.15, -0.1) is 0 Å². The highest BCUT2D eigenvalue weighted by atomic mass is 16.5. The van der Waals surface area contributed by atoms with Crippen LogP contribution in [-0.2, 0) is 29.3 Å². The molecule has 2 aliphatic heterocycles. The number of aldehydes is 1. The van der Waals surface area contributed by atoms with Gasteiger partial charge < -0.3 is 29.4 Å². The first-order chi connectivity index (χ1) is 18.6. The fourth-order valence-corrected chi connectivity index (χ4v) is 5.05. The van der Waals surface area contributed by atoms with E-state index in [1.807, 2.05) is 24.3 Å². The molecule has 0 radical (unpaired) electrons. The maximum absolute atomic E-state index is 13.1. The second-order valence-electron chi connectivity index (χ2n) is 9.43. The molecule has 5 rings (SSSR count). The van der Waals surface area contributed by atoms with E-state index in [-0.39, 0.29) is 31.2 Å². The van der Waals surface area contributed by atoms with Gasteiger partial charge in [0.2, 0.25) is 5.91 Å². The highest BCUT2D eigenvalue weighted by Gasteiger charge is 2.37. The lowest BCUT2D eigenvalue weighted by atomic mass is 10.1. The van der Waals surface area contributed by atoms with Gasteiger partial charge in [-0.25, -0.2) is 0 Å². The largest absolute Gasteiger partial charge is 0.490 e. The number of para-hydroxylation sites is 2. The van der Waals surface area contributed by atoms with Crippen LogP contribution in [0.15, 0.2) is 66.7 Å². The standard InChI is InChI=1S/C30H31N3O5/c1-31-29(35)26(8-5-16-34)33-19-24-23(30(33)36)6-4-10-27(24)38-20-22-13-11-21(12-14-22)18-32-15-17-37-28-9-3-2-7-25(28)32/h2-4,6-7,9-14,16,26H,5,8,15,17-20H2,1H3,(H,31,35). The number of nitrogens with zero attached hydrogens (tertiary/aromatic N) is 2. The molecule has 1 N–H and O–H groups in total. The molecule has 196 valence electrons. The van der Waals surface area contributed by atoms with Gasteiger partial charge in [0, 0.05) is 31.1 Å². The maximum Gasteiger partial charge on any atom is 0.255 e. The average Bonchev–Trinajstić information content (AvgIpc) is 3.29. The molecule has 0 spiro atoms. The van der Waals surface area contributed by atoms with E-state index in [0.29, 0.717) is 24.5 Å². The van der Waals surface area contributed by atoms with Crippen LogP contribution < -0.4 is 19.7 Å². The number of amides is 2. The fourth-order valence-electron chi connectivity index (χ4n) is 5.05. The highest BCUT2D eigenvalue weighted by Crippen LogP contribution is 2.34. The second kappa shape index (κ2) is 11.4. The Balaban J connectivity index is 1.24. The number of carbonyl (C=O) groups is 3. The molecule has 0 aliphatic carbocycles. The zero-order chi connectivity index (χ0) is 26.5. The summed E-state index contributed by atoms with van der Waals surface area (Å²) in [5.41, 5.74) is 4.62. The lowest BCUT2D eigenvalue weighted by Gasteiger charge is -2.31. The lowest BCUT2D eigenvalue weighted by Crippen LogP contribution is -2.46. The topological polar surface area (TPSA) is 88.2 Å². The fraction of sp³-hybridized carbons (Fsp3) is 0.300. The molecular formula is C30H31N3O5. The van der Waals surface area contributed by atoms with Gasteiger partial charge in [0.05, 0.1) is 18.8 Å². The van der Waals surface area contributed by atoms with Crippen LogP contribution in [0.2, 0.25) is 0 Å². The summed E-state index contributed by atoms with van der Waals surface area (Å²) in [7, 11) is 1.53. The smallest absolute Gasteiger partial charge is 0.255 e. The van der Waals surface area contributed by atoms with Gasteiger partial charge in [-0.05, 0) is 41.8 Å². The Bertz CT molecular complexity index is 1320. The van der Waals surface area contributed by atoms with Gasteiger partial charge >= 0.3 is 0 Å². The number of rotatable bonds is 10. The van der Waals surface area contributed by atoms with E-state index in [1.54, 1.807) is 12.1 Å². The molecule has 8 heteroatoms. The van der Waals surface area contributed by atoms with Crippen LogP contribution in [-0.4, -0.2) is 49.2 Å². The van der Waals surface area contributed by atoms with E-state index >= 15 is 0 Å². The monoisotopic (exact) mass is 513 g/mol. The minimum atomic E-state index is -0.705. The molecule has 8 nitrogen and oxygen atoms in total. The van der Waals surface area contributed by atoms with Crippen molar-refractivity contribution in [1.29, 1.82) is 0 Å². The van der Waals surface area contributed by atoms with E-state index in [0.717, 1.165) is 41.9 Å². The van der Waals surface area contributed by atoms with Crippen LogP contribution in [0.3, 0.4) is 0 Å². The van der Waals surface area contributed by atoms with E-state index < -0.39 is 6.04 Å². The molecule has 0 saturated carbocycles. The van der Waals surface area contributed by atoms with E-state index in [9.17, 15) is 14.4 Å². The molecule has 38 heavy (non-hydrogen) atoms. The summed E-state index contributed by atoms with van der Waals surface area (Å²) in [4.78, 5) is 40.3. The molecule has 2 aliphatic rings. The maximum atomic E-state index is 13.1. The number of anilines is 1. The Morgan fingerprint density at radius 3 is 2.66 bits per heavy atom. The third kappa shape index (κ3) is 5.20. The van der Waals surface area contributed by atoms with Gasteiger partial charge in [0.1, 0.15) is 37.0 Å². The molecule has 0 bridgehead atoms. The number of hydrogen-bond acceptors (Lipinski definition) is 6. The molecular weight excluding hydrogens is 482 g/mol. The number of benzene rings is 3. The molecule has 0 aromatic heterocycles. The molecule has 3 aromatic carbocycles. The van der Waals surface area contributed by atoms with Crippen molar-refractivity contribution in [2.24, 2.45) is 0 Å². The molecule has 2 heterocycles. The molecule has 3 aromatic rings. The molecule has 0 saturated heterocycles. The summed E-state index contributed by atoms with van der Waals surface area (Å²) >= 11 is 0. The Morgan fingerprint density at radius 1 is 1.08 bits per heavy atom. The van der Waals surface area contributed by atoms with E-state index in [4.69, 9.17) is 9.47 Å². The van der Waals surface area contributed by atoms with Crippen molar-refractivity contribution in [3.63, 3.8) is 0 Å². The summed E-state index contributed by atoms with van der Waals surface area (Å²) in [6.45, 7) is 2.93. The zero-order valence-electron chi connectivity index (χ0n) is 21.4. The summed E-state index contributed by atoms with van der Waals surface area (Å²) in [5.74, 6) is 1.04. The number of likely N-dealkylation sites (N-methyl/N-ethyl adjacent to an activating group) is 1.